The Kier molecular flexibility index (Phi) is 8.80. The van der Waals surface area contributed by atoms with Gasteiger partial charge in [0, 0.05) is 6.20 Å². The first-order valence-corrected chi connectivity index (χ1v) is 13.1. The summed E-state index contributed by atoms with van der Waals surface area (Å²) in [4.78, 5) is 56.8. The van der Waals surface area contributed by atoms with Crippen molar-refractivity contribution in [2.45, 2.75) is 69.9 Å². The maximum absolute atomic E-state index is 13.6. The van der Waals surface area contributed by atoms with Crippen LogP contribution in [0.4, 0.5) is 0 Å². The average molecular weight is 539 g/mol. The number of cyclic esters (lactones) is 1. The molecular formula is C28H34N4O7. The Balaban J connectivity index is 1.67. The maximum atomic E-state index is 13.6. The summed E-state index contributed by atoms with van der Waals surface area (Å²) < 4.78 is 5.63. The minimum absolute atomic E-state index is 0.131. The van der Waals surface area contributed by atoms with Gasteiger partial charge in [-0.3, -0.25) is 14.4 Å². The van der Waals surface area contributed by atoms with E-state index in [1.165, 1.54) is 32.2 Å². The van der Waals surface area contributed by atoms with Gasteiger partial charge >= 0.3 is 5.97 Å². The fraction of sp³-hybridized carbons (Fsp3) is 0.464. The number of benzene rings is 1. The fourth-order valence-electron chi connectivity index (χ4n) is 4.83. The molecular weight excluding hydrogens is 504 g/mol. The Labute approximate surface area is 226 Å². The number of carbonyl (C=O) groups excluding carboxylic acids is 4. The highest BCUT2D eigenvalue weighted by Gasteiger charge is 2.42. The second-order valence-electron chi connectivity index (χ2n) is 10.2. The molecule has 1 aliphatic heterocycles. The quantitative estimate of drug-likeness (QED) is 0.349. The third-order valence-corrected chi connectivity index (χ3v) is 7.48. The first-order chi connectivity index (χ1) is 18.7. The van der Waals surface area contributed by atoms with Gasteiger partial charge in [-0.2, -0.15) is 0 Å². The minimum Gasteiger partial charge on any atom is -0.505 e. The van der Waals surface area contributed by atoms with E-state index in [-0.39, 0.29) is 23.8 Å². The summed E-state index contributed by atoms with van der Waals surface area (Å²) in [6.45, 7) is 2.99. The molecule has 1 aromatic heterocycles. The van der Waals surface area contributed by atoms with Crippen molar-refractivity contribution in [2.24, 2.45) is 11.8 Å². The van der Waals surface area contributed by atoms with Crippen molar-refractivity contribution in [2.75, 3.05) is 0 Å². The monoisotopic (exact) mass is 538 g/mol. The molecule has 0 bridgehead atoms. The molecule has 2 fully saturated rings. The Morgan fingerprint density at radius 3 is 2.41 bits per heavy atom. The summed E-state index contributed by atoms with van der Waals surface area (Å²) in [5, 5.41) is 29.4. The van der Waals surface area contributed by atoms with Crippen LogP contribution in [0.3, 0.4) is 0 Å². The molecule has 1 aromatic carbocycles. The van der Waals surface area contributed by atoms with Gasteiger partial charge in [-0.15, -0.1) is 0 Å². The smallest absolute Gasteiger partial charge is 0.329 e. The molecule has 0 spiro atoms. The topological polar surface area (TPSA) is 167 Å². The molecule has 2 aliphatic rings. The lowest BCUT2D eigenvalue weighted by atomic mass is 9.79. The third kappa shape index (κ3) is 6.54. The van der Waals surface area contributed by atoms with E-state index in [0.29, 0.717) is 0 Å². The highest BCUT2D eigenvalue weighted by molar-refractivity contribution is 5.98. The molecule has 1 saturated heterocycles. The Bertz CT molecular complexity index is 1200. The van der Waals surface area contributed by atoms with E-state index < -0.39 is 59.9 Å². The fourth-order valence-corrected chi connectivity index (χ4v) is 4.83. The lowest BCUT2D eigenvalue weighted by molar-refractivity contribution is -0.158. The molecule has 39 heavy (non-hydrogen) atoms. The van der Waals surface area contributed by atoms with E-state index >= 15 is 0 Å². The number of amides is 3. The van der Waals surface area contributed by atoms with E-state index in [0.717, 1.165) is 24.8 Å². The van der Waals surface area contributed by atoms with Crippen LogP contribution >= 0.6 is 0 Å². The summed E-state index contributed by atoms with van der Waals surface area (Å²) in [6, 6.07) is 8.63. The molecule has 11 heteroatoms. The zero-order valence-electron chi connectivity index (χ0n) is 21.9. The Morgan fingerprint density at radius 2 is 1.77 bits per heavy atom. The average Bonchev–Trinajstić information content (AvgIpc) is 2.89. The minimum atomic E-state index is -1.39. The lowest BCUT2D eigenvalue weighted by Gasteiger charge is -2.37. The number of carbonyl (C=O) groups is 4. The van der Waals surface area contributed by atoms with Crippen LogP contribution in [0.25, 0.3) is 0 Å². The zero-order chi connectivity index (χ0) is 28.1. The van der Waals surface area contributed by atoms with Gasteiger partial charge in [0.1, 0.15) is 23.9 Å². The van der Waals surface area contributed by atoms with Crippen molar-refractivity contribution < 1.29 is 34.1 Å². The van der Waals surface area contributed by atoms with Crippen molar-refractivity contribution in [3.63, 3.8) is 0 Å². The van der Waals surface area contributed by atoms with Crippen molar-refractivity contribution in [1.82, 2.24) is 20.9 Å². The summed E-state index contributed by atoms with van der Waals surface area (Å²) in [5.41, 5.74) is 0.511. The van der Waals surface area contributed by atoms with Crippen LogP contribution in [-0.4, -0.2) is 69.2 Å². The van der Waals surface area contributed by atoms with Gasteiger partial charge in [0.2, 0.25) is 11.8 Å². The molecule has 2 aromatic rings. The van der Waals surface area contributed by atoms with Gasteiger partial charge in [-0.25, -0.2) is 9.78 Å². The molecule has 4 rings (SSSR count). The number of pyridine rings is 1. The van der Waals surface area contributed by atoms with E-state index in [9.17, 15) is 29.4 Å². The van der Waals surface area contributed by atoms with E-state index in [4.69, 9.17) is 4.74 Å². The maximum Gasteiger partial charge on any atom is 0.329 e. The third-order valence-electron chi connectivity index (χ3n) is 7.48. The molecule has 5 N–H and O–H groups in total. The molecule has 1 aliphatic carbocycles. The first kappa shape index (κ1) is 28.0. The highest BCUT2D eigenvalue weighted by atomic mass is 16.5. The number of aliphatic hydroxyl groups is 1. The van der Waals surface area contributed by atoms with Crippen molar-refractivity contribution in [3.05, 3.63) is 59.9 Å². The van der Waals surface area contributed by atoms with E-state index in [1.807, 2.05) is 30.3 Å². The van der Waals surface area contributed by atoms with Crippen LogP contribution in [0.1, 0.15) is 49.2 Å². The summed E-state index contributed by atoms with van der Waals surface area (Å²) >= 11 is 0. The first-order valence-electron chi connectivity index (χ1n) is 13.1. The number of aliphatic hydroxyl groups excluding tert-OH is 1. The number of hydrogen-bond acceptors (Lipinski definition) is 8. The number of esters is 1. The molecule has 1 unspecified atom stereocenters. The second-order valence-corrected chi connectivity index (χ2v) is 10.2. The van der Waals surface area contributed by atoms with Gasteiger partial charge in [-0.05, 0) is 49.8 Å². The van der Waals surface area contributed by atoms with Crippen LogP contribution in [0.15, 0.2) is 48.7 Å². The second kappa shape index (κ2) is 12.2. The molecule has 3 amide bonds. The van der Waals surface area contributed by atoms with Crippen molar-refractivity contribution in [1.29, 1.82) is 0 Å². The normalized spacial score (nSPS) is 28.5. The largest absolute Gasteiger partial charge is 0.505 e. The standard InChI is InChI=1S/C28H34N4O7/c1-15-24(34)19(14-17-8-4-3-5-9-17)30-26(36)21(31-27(37)23-20(33)12-7-13-29-23)16(2)39-28(38)22(32-25(15)35)18-10-6-11-18/h3-5,7-9,12-13,15-16,18-19,21-22,24,33-34H,6,10-11,14H2,1-2H3,(H,30,36)(H,31,37)(H,32,35)/t15-,16-,19+,21+,22?,24+/m1/s1. The number of aromatic nitrogens is 1. The van der Waals surface area contributed by atoms with E-state index in [1.54, 1.807) is 0 Å². The lowest BCUT2D eigenvalue weighted by Crippen LogP contribution is -2.61. The number of aromatic hydroxyl groups is 1. The predicted molar refractivity (Wildman–Crippen MR) is 139 cm³/mol. The number of hydrogen-bond donors (Lipinski definition) is 5. The number of rotatable bonds is 5. The van der Waals surface area contributed by atoms with Gasteiger partial charge in [0.25, 0.3) is 5.91 Å². The zero-order valence-corrected chi connectivity index (χ0v) is 21.9. The van der Waals surface area contributed by atoms with Crippen LogP contribution in [0.2, 0.25) is 0 Å². The van der Waals surface area contributed by atoms with Gasteiger partial charge in [0.05, 0.1) is 18.1 Å². The number of nitrogens with one attached hydrogen (secondary N) is 3. The Hall–Kier alpha value is -3.99. The molecule has 208 valence electrons. The Morgan fingerprint density at radius 1 is 1.05 bits per heavy atom. The van der Waals surface area contributed by atoms with Crippen LogP contribution < -0.4 is 16.0 Å². The number of ether oxygens (including phenoxy) is 1. The van der Waals surface area contributed by atoms with Crippen molar-refractivity contribution >= 4 is 23.7 Å². The molecule has 1 saturated carbocycles. The molecule has 6 atom stereocenters. The van der Waals surface area contributed by atoms with Gasteiger partial charge in [-0.1, -0.05) is 43.7 Å². The molecule has 11 nitrogen and oxygen atoms in total. The molecule has 2 heterocycles. The van der Waals surface area contributed by atoms with Crippen LogP contribution in [0, 0.1) is 11.8 Å². The van der Waals surface area contributed by atoms with E-state index in [2.05, 4.69) is 20.9 Å². The summed E-state index contributed by atoms with van der Waals surface area (Å²) in [6.07, 6.45) is 1.41. The summed E-state index contributed by atoms with van der Waals surface area (Å²) in [7, 11) is 0. The van der Waals surface area contributed by atoms with Gasteiger partial charge < -0.3 is 30.9 Å². The summed E-state index contributed by atoms with van der Waals surface area (Å²) in [5.74, 6) is -4.30. The van der Waals surface area contributed by atoms with Crippen LogP contribution in [-0.2, 0) is 25.5 Å². The highest BCUT2D eigenvalue weighted by Crippen LogP contribution is 2.31. The van der Waals surface area contributed by atoms with Crippen LogP contribution in [0.5, 0.6) is 5.75 Å². The predicted octanol–water partition coefficient (Wildman–Crippen LogP) is 0.840. The molecule has 0 radical (unpaired) electrons. The number of nitrogens with zero attached hydrogens (tertiary/aromatic N) is 1. The SMILES string of the molecule is C[C@H]1OC(=O)C(C2CCC2)NC(=O)[C@H](C)[C@H](O)[C@H](Cc2ccccc2)NC(=O)[C@H]1NC(=O)c1ncccc1O. The van der Waals surface area contributed by atoms with Crippen molar-refractivity contribution in [3.8, 4) is 5.75 Å². The van der Waals surface area contributed by atoms with Gasteiger partial charge in [0.15, 0.2) is 5.69 Å².